The van der Waals surface area contributed by atoms with Crippen molar-refractivity contribution in [1.29, 1.82) is 0 Å². The van der Waals surface area contributed by atoms with Gasteiger partial charge in [0.25, 0.3) is 0 Å². The predicted molar refractivity (Wildman–Crippen MR) is 169 cm³/mol. The van der Waals surface area contributed by atoms with Crippen LogP contribution in [0.5, 0.6) is 0 Å². The Hall–Kier alpha value is -5.42. The average molecular weight is 532 g/mol. The van der Waals surface area contributed by atoms with Gasteiger partial charge in [0.1, 0.15) is 22.5 Å². The second-order valence-electron chi connectivity index (χ2n) is 10.9. The van der Waals surface area contributed by atoms with Gasteiger partial charge in [0, 0.05) is 44.0 Å². The van der Waals surface area contributed by atoms with Crippen LogP contribution in [0.3, 0.4) is 0 Å². The van der Waals surface area contributed by atoms with E-state index in [1.807, 2.05) is 30.3 Å². The first-order valence-electron chi connectivity index (χ1n) is 13.9. The molecule has 0 atom stereocenters. The molecule has 0 fully saturated rings. The maximum Gasteiger partial charge on any atom is 0.145 e. The van der Waals surface area contributed by atoms with Gasteiger partial charge in [-0.25, -0.2) is 0 Å². The van der Waals surface area contributed by atoms with Crippen molar-refractivity contribution >= 4 is 72.2 Å². The molecule has 3 aromatic heterocycles. The van der Waals surface area contributed by atoms with Crippen LogP contribution in [0, 0.1) is 0 Å². The van der Waals surface area contributed by atoms with Crippen molar-refractivity contribution < 1.29 is 8.83 Å². The van der Waals surface area contributed by atoms with Crippen LogP contribution in [-0.2, 0) is 6.42 Å². The minimum absolute atomic E-state index is 0.707. The average Bonchev–Trinajstić information content (AvgIpc) is 3.66. The Bertz CT molecular complexity index is 2400. The molecule has 0 aliphatic heterocycles. The minimum Gasteiger partial charge on any atom is -0.456 e. The molecular formula is C36H25N3O2. The maximum absolute atomic E-state index is 6.54. The first-order valence-corrected chi connectivity index (χ1v) is 13.9. The maximum atomic E-state index is 6.54. The monoisotopic (exact) mass is 531 g/mol. The number of anilines is 2. The van der Waals surface area contributed by atoms with Crippen molar-refractivity contribution in [3.8, 4) is 16.8 Å². The molecule has 4 N–H and O–H groups in total. The van der Waals surface area contributed by atoms with Crippen LogP contribution in [0.4, 0.5) is 11.4 Å². The lowest BCUT2D eigenvalue weighted by Gasteiger charge is -2.15. The van der Waals surface area contributed by atoms with Gasteiger partial charge in [-0.15, -0.1) is 0 Å². The van der Waals surface area contributed by atoms with Crippen molar-refractivity contribution in [2.75, 3.05) is 11.5 Å². The Morgan fingerprint density at radius 3 is 2.39 bits per heavy atom. The molecule has 9 rings (SSSR count). The first-order chi connectivity index (χ1) is 20.1. The van der Waals surface area contributed by atoms with Crippen molar-refractivity contribution in [3.05, 3.63) is 108 Å². The number of allylic oxidation sites excluding steroid dienone is 1. The number of furan rings is 2. The Kier molecular flexibility index (Phi) is 4.40. The van der Waals surface area contributed by atoms with Crippen LogP contribution < -0.4 is 11.5 Å². The summed E-state index contributed by atoms with van der Waals surface area (Å²) in [5, 5.41) is 5.53. The summed E-state index contributed by atoms with van der Waals surface area (Å²) in [5.41, 5.74) is 23.2. The number of fused-ring (bicyclic) bond motifs is 10. The fourth-order valence-electron chi connectivity index (χ4n) is 6.69. The Labute approximate surface area is 234 Å². The van der Waals surface area contributed by atoms with Crippen LogP contribution in [0.1, 0.15) is 17.7 Å². The van der Waals surface area contributed by atoms with Crippen LogP contribution in [-0.4, -0.2) is 4.57 Å². The SMILES string of the molecule is Nc1ccc(-n2c3ccccc3c3c4oc5c(c4ccc32)CCC=C5)c(-c2ccc3oc4ccc(N)cc4c3c2)c1. The van der Waals surface area contributed by atoms with E-state index in [2.05, 4.69) is 77.4 Å². The molecule has 3 heterocycles. The molecule has 0 spiro atoms. The topological polar surface area (TPSA) is 83.2 Å². The number of hydrogen-bond acceptors (Lipinski definition) is 4. The molecule has 5 aromatic carbocycles. The lowest BCUT2D eigenvalue weighted by molar-refractivity contribution is 0.598. The molecule has 8 aromatic rings. The molecule has 0 unspecified atom stereocenters. The summed E-state index contributed by atoms with van der Waals surface area (Å²) in [6.45, 7) is 0. The summed E-state index contributed by atoms with van der Waals surface area (Å²) in [4.78, 5) is 0. The normalized spacial score (nSPS) is 13.3. The third-order valence-electron chi connectivity index (χ3n) is 8.52. The molecule has 0 bridgehead atoms. The van der Waals surface area contributed by atoms with Gasteiger partial charge in [0.15, 0.2) is 0 Å². The highest BCUT2D eigenvalue weighted by Crippen LogP contribution is 2.43. The van der Waals surface area contributed by atoms with E-state index >= 15 is 0 Å². The summed E-state index contributed by atoms with van der Waals surface area (Å²) in [6.07, 6.45) is 6.35. The van der Waals surface area contributed by atoms with E-state index in [9.17, 15) is 0 Å². The van der Waals surface area contributed by atoms with E-state index in [0.29, 0.717) is 11.4 Å². The van der Waals surface area contributed by atoms with E-state index in [1.54, 1.807) is 0 Å². The lowest BCUT2D eigenvalue weighted by atomic mass is 9.99. The summed E-state index contributed by atoms with van der Waals surface area (Å²) < 4.78 is 15.0. The fourth-order valence-corrected chi connectivity index (χ4v) is 6.69. The third-order valence-corrected chi connectivity index (χ3v) is 8.52. The quantitative estimate of drug-likeness (QED) is 0.218. The minimum atomic E-state index is 0.707. The zero-order valence-corrected chi connectivity index (χ0v) is 22.1. The summed E-state index contributed by atoms with van der Waals surface area (Å²) in [6, 6.07) is 31.3. The molecule has 196 valence electrons. The molecule has 1 aliphatic rings. The fraction of sp³-hybridized carbons (Fsp3) is 0.0556. The smallest absolute Gasteiger partial charge is 0.145 e. The largest absolute Gasteiger partial charge is 0.456 e. The lowest BCUT2D eigenvalue weighted by Crippen LogP contribution is -1.98. The summed E-state index contributed by atoms with van der Waals surface area (Å²) >= 11 is 0. The van der Waals surface area contributed by atoms with E-state index in [4.69, 9.17) is 20.3 Å². The molecule has 0 amide bonds. The van der Waals surface area contributed by atoms with Gasteiger partial charge in [-0.05, 0) is 91.2 Å². The molecule has 1 aliphatic carbocycles. The van der Waals surface area contributed by atoms with Crippen molar-refractivity contribution in [1.82, 2.24) is 4.57 Å². The van der Waals surface area contributed by atoms with Crippen LogP contribution in [0.2, 0.25) is 0 Å². The van der Waals surface area contributed by atoms with Gasteiger partial charge < -0.3 is 24.9 Å². The van der Waals surface area contributed by atoms with E-state index in [1.165, 1.54) is 10.9 Å². The van der Waals surface area contributed by atoms with Crippen LogP contribution in [0.25, 0.3) is 77.6 Å². The number of rotatable bonds is 2. The van der Waals surface area contributed by atoms with Gasteiger partial charge in [-0.3, -0.25) is 0 Å². The Balaban J connectivity index is 1.36. The number of aromatic nitrogens is 1. The van der Waals surface area contributed by atoms with Crippen LogP contribution in [0.15, 0.2) is 106 Å². The van der Waals surface area contributed by atoms with Gasteiger partial charge in [-0.1, -0.05) is 30.3 Å². The summed E-state index contributed by atoms with van der Waals surface area (Å²) in [7, 11) is 0. The van der Waals surface area contributed by atoms with Gasteiger partial charge in [0.2, 0.25) is 0 Å². The molecule has 41 heavy (non-hydrogen) atoms. The van der Waals surface area contributed by atoms with E-state index in [0.717, 1.165) is 84.7 Å². The standard InChI is InChI=1S/C36H25N3O2/c37-21-10-13-30(26(18-21)20-9-15-33-27(17-20)28-19-22(38)11-16-34(28)40-33)39-29-7-3-1-6-25(29)35-31(39)14-12-24-23-5-2-4-8-32(23)41-36(24)35/h1,3-4,6-19H,2,5,37-38H2. The Morgan fingerprint density at radius 2 is 1.46 bits per heavy atom. The molecule has 0 radical (unpaired) electrons. The number of benzene rings is 5. The van der Waals surface area contributed by atoms with Gasteiger partial charge >= 0.3 is 0 Å². The molecule has 5 heteroatoms. The first kappa shape index (κ1) is 22.4. The highest BCUT2D eigenvalue weighted by atomic mass is 16.3. The Morgan fingerprint density at radius 1 is 0.659 bits per heavy atom. The predicted octanol–water partition coefficient (Wildman–Crippen LogP) is 9.22. The second-order valence-corrected chi connectivity index (χ2v) is 10.9. The number of aryl methyl sites for hydroxylation is 1. The zero-order chi connectivity index (χ0) is 27.2. The molecule has 0 saturated heterocycles. The van der Waals surface area contributed by atoms with Crippen LogP contribution >= 0.6 is 0 Å². The zero-order valence-electron chi connectivity index (χ0n) is 22.1. The molecular weight excluding hydrogens is 506 g/mol. The van der Waals surface area contributed by atoms with Crippen molar-refractivity contribution in [3.63, 3.8) is 0 Å². The molecule has 0 saturated carbocycles. The van der Waals surface area contributed by atoms with Crippen molar-refractivity contribution in [2.24, 2.45) is 0 Å². The number of nitrogen functional groups attached to an aromatic ring is 2. The van der Waals surface area contributed by atoms with E-state index < -0.39 is 0 Å². The number of nitrogens with zero attached hydrogens (tertiary/aromatic N) is 1. The third kappa shape index (κ3) is 3.11. The molecule has 5 nitrogen and oxygen atoms in total. The number of nitrogens with two attached hydrogens (primary N) is 2. The van der Waals surface area contributed by atoms with E-state index in [-0.39, 0.29) is 0 Å². The second kappa shape index (κ2) is 8.05. The van der Waals surface area contributed by atoms with Gasteiger partial charge in [0.05, 0.1) is 22.1 Å². The summed E-state index contributed by atoms with van der Waals surface area (Å²) in [5.74, 6) is 0.977. The number of hydrogen-bond donors (Lipinski definition) is 2. The van der Waals surface area contributed by atoms with Crippen molar-refractivity contribution in [2.45, 2.75) is 12.8 Å². The number of para-hydroxylation sites is 1. The van der Waals surface area contributed by atoms with Gasteiger partial charge in [-0.2, -0.15) is 0 Å². The highest BCUT2D eigenvalue weighted by molar-refractivity contribution is 6.20. The highest BCUT2D eigenvalue weighted by Gasteiger charge is 2.22.